The molecule has 0 saturated heterocycles. The fraction of sp³-hybridized carbons (Fsp3) is 0.167. The monoisotopic (exact) mass is 359 g/mol. The van der Waals surface area contributed by atoms with E-state index in [2.05, 4.69) is 10.6 Å². The lowest BCUT2D eigenvalue weighted by atomic mass is 10.1. The number of halogens is 1. The van der Waals surface area contributed by atoms with E-state index in [0.717, 1.165) is 0 Å². The third kappa shape index (κ3) is 4.81. The number of nitrogens with one attached hydrogen (secondary N) is 2. The minimum Gasteiger partial charge on any atom is -0.345 e. The van der Waals surface area contributed by atoms with Crippen molar-refractivity contribution in [2.75, 3.05) is 24.7 Å². The van der Waals surface area contributed by atoms with Crippen LogP contribution in [-0.4, -0.2) is 36.7 Å². The van der Waals surface area contributed by atoms with Gasteiger partial charge in [0.15, 0.2) is 0 Å². The van der Waals surface area contributed by atoms with E-state index in [9.17, 15) is 14.4 Å². The van der Waals surface area contributed by atoms with Gasteiger partial charge in [-0.15, -0.1) is 0 Å². The van der Waals surface area contributed by atoms with Crippen molar-refractivity contribution in [3.05, 3.63) is 58.6 Å². The largest absolute Gasteiger partial charge is 0.345 e. The molecule has 0 heterocycles. The summed E-state index contributed by atoms with van der Waals surface area (Å²) in [5.74, 6) is -0.746. The average molecular weight is 360 g/mol. The first-order valence-electron chi connectivity index (χ1n) is 7.48. The summed E-state index contributed by atoms with van der Waals surface area (Å²) < 4.78 is 0. The summed E-state index contributed by atoms with van der Waals surface area (Å²) >= 11 is 6.11. The van der Waals surface area contributed by atoms with Crippen molar-refractivity contribution in [2.45, 2.75) is 6.92 Å². The Hall–Kier alpha value is -2.86. The Balaban J connectivity index is 2.18. The number of rotatable bonds is 4. The number of anilines is 2. The van der Waals surface area contributed by atoms with Gasteiger partial charge in [-0.1, -0.05) is 11.6 Å². The molecule has 0 aromatic heterocycles. The molecule has 2 rings (SSSR count). The second-order valence-corrected chi connectivity index (χ2v) is 6.01. The number of nitrogens with zero attached hydrogens (tertiary/aromatic N) is 1. The van der Waals surface area contributed by atoms with E-state index in [-0.39, 0.29) is 17.7 Å². The maximum Gasteiger partial charge on any atom is 0.255 e. The van der Waals surface area contributed by atoms with E-state index in [4.69, 9.17) is 11.6 Å². The van der Waals surface area contributed by atoms with E-state index in [1.54, 1.807) is 50.5 Å². The quantitative estimate of drug-likeness (QED) is 0.879. The molecule has 0 radical (unpaired) electrons. The van der Waals surface area contributed by atoms with Crippen LogP contribution in [0.5, 0.6) is 0 Å². The van der Waals surface area contributed by atoms with Crippen LogP contribution < -0.4 is 10.6 Å². The lowest BCUT2D eigenvalue weighted by molar-refractivity contribution is -0.114. The molecule has 6 nitrogen and oxygen atoms in total. The minimum atomic E-state index is -0.370. The number of hydrogen-bond acceptors (Lipinski definition) is 3. The zero-order valence-corrected chi connectivity index (χ0v) is 14.8. The summed E-state index contributed by atoms with van der Waals surface area (Å²) in [7, 11) is 3.29. The van der Waals surface area contributed by atoms with Crippen molar-refractivity contribution in [3.63, 3.8) is 0 Å². The van der Waals surface area contributed by atoms with Gasteiger partial charge in [-0.25, -0.2) is 0 Å². The lowest BCUT2D eigenvalue weighted by Gasteiger charge is -2.13. The molecule has 0 aliphatic carbocycles. The molecule has 25 heavy (non-hydrogen) atoms. The van der Waals surface area contributed by atoms with Gasteiger partial charge < -0.3 is 15.5 Å². The van der Waals surface area contributed by atoms with Crippen LogP contribution in [-0.2, 0) is 4.79 Å². The van der Waals surface area contributed by atoms with Crippen LogP contribution in [0.15, 0.2) is 42.5 Å². The van der Waals surface area contributed by atoms with Gasteiger partial charge in [0.25, 0.3) is 11.8 Å². The molecule has 0 unspecified atom stereocenters. The van der Waals surface area contributed by atoms with Crippen LogP contribution >= 0.6 is 11.6 Å². The Morgan fingerprint density at radius 1 is 0.920 bits per heavy atom. The Morgan fingerprint density at radius 3 is 2.08 bits per heavy atom. The Labute approximate surface area is 150 Å². The molecule has 2 aromatic carbocycles. The minimum absolute atomic E-state index is 0.188. The molecule has 3 amide bonds. The van der Waals surface area contributed by atoms with Crippen molar-refractivity contribution in [1.29, 1.82) is 0 Å². The van der Waals surface area contributed by atoms with E-state index in [0.29, 0.717) is 27.5 Å². The fourth-order valence-electron chi connectivity index (χ4n) is 2.11. The molecule has 0 fully saturated rings. The van der Waals surface area contributed by atoms with Crippen molar-refractivity contribution in [3.8, 4) is 0 Å². The number of benzene rings is 2. The summed E-state index contributed by atoms with van der Waals surface area (Å²) in [5.41, 5.74) is 1.77. The van der Waals surface area contributed by atoms with E-state index in [1.165, 1.54) is 17.9 Å². The van der Waals surface area contributed by atoms with E-state index >= 15 is 0 Å². The number of hydrogen-bond donors (Lipinski definition) is 2. The maximum absolute atomic E-state index is 12.4. The molecule has 130 valence electrons. The first kappa shape index (κ1) is 18.5. The number of carbonyl (C=O) groups is 3. The second kappa shape index (κ2) is 7.81. The Kier molecular flexibility index (Phi) is 5.77. The highest BCUT2D eigenvalue weighted by atomic mass is 35.5. The molecule has 0 atom stereocenters. The van der Waals surface area contributed by atoms with Gasteiger partial charge in [-0.2, -0.15) is 0 Å². The van der Waals surface area contributed by atoms with Gasteiger partial charge >= 0.3 is 0 Å². The van der Waals surface area contributed by atoms with Crippen molar-refractivity contribution in [1.82, 2.24) is 4.90 Å². The van der Waals surface area contributed by atoms with Crippen LogP contribution in [0.1, 0.15) is 27.6 Å². The highest BCUT2D eigenvalue weighted by Crippen LogP contribution is 2.24. The van der Waals surface area contributed by atoms with Crippen LogP contribution in [0.2, 0.25) is 5.02 Å². The molecule has 0 saturated carbocycles. The van der Waals surface area contributed by atoms with Gasteiger partial charge in [0.05, 0.1) is 10.7 Å². The lowest BCUT2D eigenvalue weighted by Crippen LogP contribution is -2.22. The van der Waals surface area contributed by atoms with Crippen molar-refractivity contribution >= 4 is 40.7 Å². The molecule has 2 aromatic rings. The zero-order chi connectivity index (χ0) is 18.6. The molecular weight excluding hydrogens is 342 g/mol. The van der Waals surface area contributed by atoms with Crippen LogP contribution in [0.25, 0.3) is 0 Å². The van der Waals surface area contributed by atoms with Gasteiger partial charge in [-0.3, -0.25) is 14.4 Å². The summed E-state index contributed by atoms with van der Waals surface area (Å²) in [4.78, 5) is 36.8. The summed E-state index contributed by atoms with van der Waals surface area (Å²) in [6, 6.07) is 11.1. The fourth-order valence-corrected chi connectivity index (χ4v) is 2.28. The SMILES string of the molecule is CC(=O)Nc1ccc(C(=O)Nc2cc(C(=O)N(C)C)ccc2Cl)cc1. The normalized spacial score (nSPS) is 10.1. The summed E-state index contributed by atoms with van der Waals surface area (Å²) in [5, 5.41) is 5.65. The molecule has 0 spiro atoms. The summed E-state index contributed by atoms with van der Waals surface area (Å²) in [6.45, 7) is 1.41. The second-order valence-electron chi connectivity index (χ2n) is 5.61. The molecular formula is C18H18ClN3O3. The third-order valence-corrected chi connectivity index (χ3v) is 3.66. The third-order valence-electron chi connectivity index (χ3n) is 3.34. The maximum atomic E-state index is 12.4. The highest BCUT2D eigenvalue weighted by molar-refractivity contribution is 6.34. The Bertz CT molecular complexity index is 817. The molecule has 7 heteroatoms. The number of amides is 3. The topological polar surface area (TPSA) is 78.5 Å². The Morgan fingerprint density at radius 2 is 1.52 bits per heavy atom. The van der Waals surface area contributed by atoms with E-state index < -0.39 is 0 Å². The first-order chi connectivity index (χ1) is 11.8. The van der Waals surface area contributed by atoms with Gasteiger partial charge in [-0.05, 0) is 42.5 Å². The van der Waals surface area contributed by atoms with Crippen LogP contribution in [0.3, 0.4) is 0 Å². The van der Waals surface area contributed by atoms with Crippen LogP contribution in [0, 0.1) is 0 Å². The van der Waals surface area contributed by atoms with Crippen LogP contribution in [0.4, 0.5) is 11.4 Å². The zero-order valence-electron chi connectivity index (χ0n) is 14.1. The highest BCUT2D eigenvalue weighted by Gasteiger charge is 2.13. The van der Waals surface area contributed by atoms with Gasteiger partial charge in [0.1, 0.15) is 0 Å². The first-order valence-corrected chi connectivity index (χ1v) is 7.86. The molecule has 0 aliphatic heterocycles. The predicted octanol–water partition coefficient (Wildman–Crippen LogP) is 3.25. The summed E-state index contributed by atoms with van der Waals surface area (Å²) in [6.07, 6.45) is 0. The predicted molar refractivity (Wildman–Crippen MR) is 98.2 cm³/mol. The van der Waals surface area contributed by atoms with E-state index in [1.807, 2.05) is 0 Å². The van der Waals surface area contributed by atoms with Gasteiger partial charge in [0, 0.05) is 37.8 Å². The number of carbonyl (C=O) groups excluding carboxylic acids is 3. The standard InChI is InChI=1S/C18H18ClN3O3/c1-11(23)20-14-7-4-12(5-8-14)17(24)21-16-10-13(6-9-15(16)19)18(25)22(2)3/h4-10H,1-3H3,(H,20,23)(H,21,24). The van der Waals surface area contributed by atoms with Crippen molar-refractivity contribution < 1.29 is 14.4 Å². The van der Waals surface area contributed by atoms with Crippen molar-refractivity contribution in [2.24, 2.45) is 0 Å². The smallest absolute Gasteiger partial charge is 0.255 e. The molecule has 0 aliphatic rings. The molecule has 2 N–H and O–H groups in total. The average Bonchev–Trinajstić information content (AvgIpc) is 2.56. The molecule has 0 bridgehead atoms. The van der Waals surface area contributed by atoms with Gasteiger partial charge in [0.2, 0.25) is 5.91 Å².